The van der Waals surface area contributed by atoms with Crippen LogP contribution in [0.25, 0.3) is 10.9 Å². The summed E-state index contributed by atoms with van der Waals surface area (Å²) in [5.74, 6) is 7.86. The minimum Gasteiger partial charge on any atom is -0.493 e. The largest absolute Gasteiger partial charge is 0.511 e. The Kier molecular flexibility index (Phi) is 10.2. The van der Waals surface area contributed by atoms with E-state index in [1.54, 1.807) is 32.5 Å². The Morgan fingerprint density at radius 2 is 1.89 bits per heavy atom. The molecule has 4 aromatic rings. The fourth-order valence-electron chi connectivity index (χ4n) is 5.25. The molecule has 44 heavy (non-hydrogen) atoms. The minimum atomic E-state index is -1.54. The number of hydrogen-bond donors (Lipinski definition) is 4. The first kappa shape index (κ1) is 31.9. The number of hydrogen-bond acceptors (Lipinski definition) is 10. The molecule has 0 spiro atoms. The number of pyridine rings is 1. The van der Waals surface area contributed by atoms with Crippen LogP contribution in [0, 0.1) is 17.8 Å². The Balaban J connectivity index is 0.00000442. The molecule has 230 valence electrons. The zero-order valence-electron chi connectivity index (χ0n) is 24.3. The molecule has 0 radical (unpaired) electrons. The normalized spacial score (nSPS) is 13.0. The smallest absolute Gasteiger partial charge is 0.493 e. The van der Waals surface area contributed by atoms with Gasteiger partial charge in [-0.15, -0.1) is 12.4 Å². The molecule has 0 saturated carbocycles. The van der Waals surface area contributed by atoms with Crippen LogP contribution >= 0.6 is 12.4 Å². The molecule has 0 amide bonds. The monoisotopic (exact) mass is 620 g/mol. The van der Waals surface area contributed by atoms with E-state index >= 15 is 0 Å². The van der Waals surface area contributed by atoms with Crippen LogP contribution in [0.15, 0.2) is 47.5 Å². The number of rotatable bonds is 7. The van der Waals surface area contributed by atoms with Crippen molar-refractivity contribution in [3.05, 3.63) is 75.2 Å². The van der Waals surface area contributed by atoms with Crippen LogP contribution in [0.5, 0.6) is 17.2 Å². The maximum atomic E-state index is 13.1. The second kappa shape index (κ2) is 14.0. The third kappa shape index (κ3) is 7.14. The van der Waals surface area contributed by atoms with Crippen molar-refractivity contribution in [3.8, 4) is 29.1 Å². The zero-order valence-corrected chi connectivity index (χ0v) is 25.1. The molecule has 2 aromatic carbocycles. The van der Waals surface area contributed by atoms with Crippen molar-refractivity contribution < 1.29 is 24.1 Å². The highest BCUT2D eigenvalue weighted by molar-refractivity contribution is 5.85. The van der Waals surface area contributed by atoms with Crippen LogP contribution in [0.1, 0.15) is 35.1 Å². The standard InChI is InChI=1S/C31H32N6O6.ClH/c1-41-25-14-20(12-22-15-35-30(33)36-29(22)32)11-21(28(25)42-2)5-3-18-4-6-23-24(13-18)37(16-19-7-9-34-10-8-19)17-26(27(23)38)43-31(39)40;/h4,6,11,13-15,17,19,34H,7-10,12,16H2,1-2H3,(H,39,40)(H4,32,33,35,36);1H. The molecule has 0 atom stereocenters. The maximum Gasteiger partial charge on any atom is 0.511 e. The predicted octanol–water partition coefficient (Wildman–Crippen LogP) is 3.44. The van der Waals surface area contributed by atoms with Gasteiger partial charge < -0.3 is 40.7 Å². The molecule has 0 unspecified atom stereocenters. The molecule has 1 aliphatic rings. The summed E-state index contributed by atoms with van der Waals surface area (Å²) in [6.07, 6.45) is 3.88. The van der Waals surface area contributed by atoms with Crippen molar-refractivity contribution >= 4 is 41.2 Å². The number of nitrogens with one attached hydrogen (secondary N) is 1. The van der Waals surface area contributed by atoms with Gasteiger partial charge in [0.2, 0.25) is 11.4 Å². The van der Waals surface area contributed by atoms with Crippen molar-refractivity contribution in [3.63, 3.8) is 0 Å². The van der Waals surface area contributed by atoms with Gasteiger partial charge in [-0.3, -0.25) is 4.79 Å². The van der Waals surface area contributed by atoms with E-state index in [4.69, 9.17) is 25.7 Å². The first-order valence-corrected chi connectivity index (χ1v) is 13.7. The SMILES string of the molecule is COc1cc(Cc2cnc(N)nc2N)cc(C#Cc2ccc3c(=O)c(OC(=O)O)cn(CC4CCNCC4)c3c2)c1OC.Cl. The highest BCUT2D eigenvalue weighted by Gasteiger charge is 2.18. The number of carbonyl (C=O) groups is 1. The number of nitrogens with zero attached hydrogens (tertiary/aromatic N) is 3. The van der Waals surface area contributed by atoms with E-state index < -0.39 is 11.6 Å². The number of halogens is 1. The van der Waals surface area contributed by atoms with Crippen molar-refractivity contribution in [1.82, 2.24) is 19.9 Å². The molecule has 0 aliphatic carbocycles. The number of anilines is 2. The number of nitrogens with two attached hydrogens (primary N) is 2. The van der Waals surface area contributed by atoms with Crippen LogP contribution in [0.2, 0.25) is 0 Å². The molecule has 12 nitrogen and oxygen atoms in total. The number of fused-ring (bicyclic) bond motifs is 1. The summed E-state index contributed by atoms with van der Waals surface area (Å²) >= 11 is 0. The van der Waals surface area contributed by atoms with E-state index in [-0.39, 0.29) is 24.1 Å². The van der Waals surface area contributed by atoms with Crippen LogP contribution in [-0.4, -0.2) is 53.1 Å². The van der Waals surface area contributed by atoms with Gasteiger partial charge in [0.05, 0.1) is 31.5 Å². The van der Waals surface area contributed by atoms with E-state index in [0.717, 1.165) is 31.5 Å². The Labute approximate surface area is 259 Å². The molecule has 6 N–H and O–H groups in total. The fourth-order valence-corrected chi connectivity index (χ4v) is 5.25. The molecule has 1 saturated heterocycles. The van der Waals surface area contributed by atoms with Gasteiger partial charge >= 0.3 is 6.16 Å². The summed E-state index contributed by atoms with van der Waals surface area (Å²) in [6.45, 7) is 2.41. The number of nitrogen functional groups attached to an aromatic ring is 2. The third-order valence-corrected chi connectivity index (χ3v) is 7.35. The lowest BCUT2D eigenvalue weighted by molar-refractivity contribution is 0.143. The van der Waals surface area contributed by atoms with E-state index in [9.17, 15) is 14.7 Å². The fraction of sp³-hybridized carbons (Fsp3) is 0.290. The van der Waals surface area contributed by atoms with Gasteiger partial charge in [-0.2, -0.15) is 4.98 Å². The highest BCUT2D eigenvalue weighted by atomic mass is 35.5. The topological polar surface area (TPSA) is 177 Å². The van der Waals surface area contributed by atoms with E-state index in [1.807, 2.05) is 22.8 Å². The Bertz CT molecular complexity index is 1810. The number of benzene rings is 2. The highest BCUT2D eigenvalue weighted by Crippen LogP contribution is 2.33. The molecule has 13 heteroatoms. The number of aromatic nitrogens is 3. The average Bonchev–Trinajstić information content (AvgIpc) is 2.99. The molecular formula is C31H33ClN6O6. The first-order chi connectivity index (χ1) is 20.7. The van der Waals surface area contributed by atoms with Gasteiger partial charge in [0.15, 0.2) is 17.2 Å². The summed E-state index contributed by atoms with van der Waals surface area (Å²) < 4.78 is 17.9. The molecule has 5 rings (SSSR count). The van der Waals surface area contributed by atoms with E-state index in [1.165, 1.54) is 6.20 Å². The molecule has 1 aliphatic heterocycles. The summed E-state index contributed by atoms with van der Waals surface area (Å²) in [7, 11) is 3.09. The zero-order chi connectivity index (χ0) is 30.5. The summed E-state index contributed by atoms with van der Waals surface area (Å²) in [4.78, 5) is 32.4. The predicted molar refractivity (Wildman–Crippen MR) is 169 cm³/mol. The molecule has 3 heterocycles. The molecular weight excluding hydrogens is 588 g/mol. The number of carboxylic acid groups (broad SMARTS) is 1. The van der Waals surface area contributed by atoms with E-state index in [2.05, 4.69) is 27.1 Å². The Morgan fingerprint density at radius 1 is 1.11 bits per heavy atom. The maximum absolute atomic E-state index is 13.1. The lowest BCUT2D eigenvalue weighted by Crippen LogP contribution is -2.30. The van der Waals surface area contributed by atoms with Crippen LogP contribution in [0.3, 0.4) is 0 Å². The Hall–Kier alpha value is -4.99. The third-order valence-electron chi connectivity index (χ3n) is 7.35. The van der Waals surface area contributed by atoms with Gasteiger partial charge in [0.25, 0.3) is 0 Å². The average molecular weight is 621 g/mol. The van der Waals surface area contributed by atoms with Crippen molar-refractivity contribution in [1.29, 1.82) is 0 Å². The van der Waals surface area contributed by atoms with Crippen molar-refractivity contribution in [2.24, 2.45) is 5.92 Å². The van der Waals surface area contributed by atoms with Gasteiger partial charge in [0.1, 0.15) is 5.82 Å². The quantitative estimate of drug-likeness (QED) is 0.176. The molecule has 2 aromatic heterocycles. The van der Waals surface area contributed by atoms with Crippen LogP contribution in [-0.2, 0) is 13.0 Å². The second-order valence-corrected chi connectivity index (χ2v) is 10.2. The van der Waals surface area contributed by atoms with Gasteiger partial charge in [-0.05, 0) is 67.7 Å². The molecule has 1 fully saturated rings. The summed E-state index contributed by atoms with van der Waals surface area (Å²) in [5.41, 5.74) is 14.6. The number of piperidine rings is 1. The van der Waals surface area contributed by atoms with Crippen LogP contribution in [0.4, 0.5) is 16.6 Å². The first-order valence-electron chi connectivity index (χ1n) is 13.7. The minimum absolute atomic E-state index is 0. The van der Waals surface area contributed by atoms with Gasteiger partial charge in [0, 0.05) is 35.7 Å². The number of methoxy groups -OCH3 is 2. The van der Waals surface area contributed by atoms with Gasteiger partial charge in [-0.1, -0.05) is 11.8 Å². The lowest BCUT2D eigenvalue weighted by Gasteiger charge is -2.24. The van der Waals surface area contributed by atoms with Gasteiger partial charge in [-0.25, -0.2) is 9.78 Å². The summed E-state index contributed by atoms with van der Waals surface area (Å²) in [6, 6.07) is 8.92. The summed E-state index contributed by atoms with van der Waals surface area (Å²) in [5, 5.41) is 12.9. The molecule has 0 bridgehead atoms. The van der Waals surface area contributed by atoms with E-state index in [0.29, 0.717) is 63.8 Å². The van der Waals surface area contributed by atoms with Crippen molar-refractivity contribution in [2.75, 3.05) is 38.8 Å². The number of ether oxygens (including phenoxy) is 3. The Morgan fingerprint density at radius 3 is 2.57 bits per heavy atom. The lowest BCUT2D eigenvalue weighted by atomic mass is 9.97. The second-order valence-electron chi connectivity index (χ2n) is 10.2. The van der Waals surface area contributed by atoms with Crippen molar-refractivity contribution in [2.45, 2.75) is 25.8 Å². The van der Waals surface area contributed by atoms with Crippen LogP contribution < -0.4 is 36.4 Å².